The lowest BCUT2D eigenvalue weighted by Crippen LogP contribution is -2.36. The summed E-state index contributed by atoms with van der Waals surface area (Å²) in [5.41, 5.74) is 2.26. The SMILES string of the molecule is CCOC1CCN(Cc2ccccc2C#CCO)CC1. The van der Waals surface area contributed by atoms with Gasteiger partial charge in [-0.1, -0.05) is 30.0 Å². The Morgan fingerprint density at radius 3 is 2.75 bits per heavy atom. The number of aliphatic hydroxyl groups excluding tert-OH is 1. The predicted octanol–water partition coefficient (Wildman–Crippen LogP) is 2.03. The molecular formula is C17H23NO2. The van der Waals surface area contributed by atoms with Crippen LogP contribution in [0.4, 0.5) is 0 Å². The molecule has 0 spiro atoms. The summed E-state index contributed by atoms with van der Waals surface area (Å²) in [5, 5.41) is 8.82. The Morgan fingerprint density at radius 2 is 2.05 bits per heavy atom. The van der Waals surface area contributed by atoms with E-state index >= 15 is 0 Å². The van der Waals surface area contributed by atoms with Gasteiger partial charge in [-0.3, -0.25) is 4.90 Å². The Morgan fingerprint density at radius 1 is 1.30 bits per heavy atom. The first-order valence-corrected chi connectivity index (χ1v) is 7.35. The van der Waals surface area contributed by atoms with Gasteiger partial charge < -0.3 is 9.84 Å². The molecule has 1 fully saturated rings. The molecule has 0 unspecified atom stereocenters. The second kappa shape index (κ2) is 8.06. The Kier molecular flexibility index (Phi) is 6.07. The fourth-order valence-electron chi connectivity index (χ4n) is 2.63. The van der Waals surface area contributed by atoms with Crippen molar-refractivity contribution >= 4 is 0 Å². The van der Waals surface area contributed by atoms with Crippen molar-refractivity contribution in [3.63, 3.8) is 0 Å². The van der Waals surface area contributed by atoms with E-state index in [1.54, 1.807) is 0 Å². The molecule has 0 amide bonds. The number of ether oxygens (including phenoxy) is 1. The van der Waals surface area contributed by atoms with E-state index in [1.807, 2.05) is 18.2 Å². The van der Waals surface area contributed by atoms with Crippen LogP contribution >= 0.6 is 0 Å². The highest BCUT2D eigenvalue weighted by atomic mass is 16.5. The summed E-state index contributed by atoms with van der Waals surface area (Å²) in [5.74, 6) is 5.76. The standard InChI is InChI=1S/C17H23NO2/c1-2-20-17-9-11-18(12-10-17)14-16-7-4-3-6-15(16)8-5-13-19/h3-4,6-7,17,19H,2,9-14H2,1H3. The lowest BCUT2D eigenvalue weighted by molar-refractivity contribution is 0.0125. The normalized spacial score (nSPS) is 16.7. The maximum absolute atomic E-state index is 8.82. The molecule has 0 atom stereocenters. The van der Waals surface area contributed by atoms with Gasteiger partial charge in [0.1, 0.15) is 6.61 Å². The number of aliphatic hydroxyl groups is 1. The molecule has 3 nitrogen and oxygen atoms in total. The molecule has 1 heterocycles. The molecule has 1 aliphatic rings. The largest absolute Gasteiger partial charge is 0.384 e. The van der Waals surface area contributed by atoms with Crippen molar-refractivity contribution < 1.29 is 9.84 Å². The first kappa shape index (κ1) is 15.1. The van der Waals surface area contributed by atoms with Gasteiger partial charge in [0.05, 0.1) is 6.10 Å². The van der Waals surface area contributed by atoms with Crippen molar-refractivity contribution in [3.05, 3.63) is 35.4 Å². The molecule has 2 rings (SSSR count). The first-order valence-electron chi connectivity index (χ1n) is 7.35. The van der Waals surface area contributed by atoms with Crippen LogP contribution in [-0.2, 0) is 11.3 Å². The highest BCUT2D eigenvalue weighted by molar-refractivity contribution is 5.41. The van der Waals surface area contributed by atoms with Crippen molar-refractivity contribution in [1.82, 2.24) is 4.90 Å². The Balaban J connectivity index is 1.94. The van der Waals surface area contributed by atoms with Crippen LogP contribution in [0.5, 0.6) is 0 Å². The topological polar surface area (TPSA) is 32.7 Å². The average Bonchev–Trinajstić information content (AvgIpc) is 2.49. The fraction of sp³-hybridized carbons (Fsp3) is 0.529. The Bertz CT molecular complexity index is 467. The highest BCUT2D eigenvalue weighted by Crippen LogP contribution is 2.17. The molecule has 20 heavy (non-hydrogen) atoms. The molecule has 0 bridgehead atoms. The molecule has 0 aliphatic carbocycles. The molecular weight excluding hydrogens is 250 g/mol. The lowest BCUT2D eigenvalue weighted by atomic mass is 10.0. The number of benzene rings is 1. The molecule has 1 aromatic carbocycles. The van der Waals surface area contributed by atoms with Gasteiger partial charge in [-0.2, -0.15) is 0 Å². The Labute approximate surface area is 121 Å². The molecule has 1 saturated heterocycles. The zero-order valence-electron chi connectivity index (χ0n) is 12.1. The fourth-order valence-corrected chi connectivity index (χ4v) is 2.63. The van der Waals surface area contributed by atoms with E-state index < -0.39 is 0 Å². The van der Waals surface area contributed by atoms with Gasteiger partial charge in [-0.25, -0.2) is 0 Å². The monoisotopic (exact) mass is 273 g/mol. The summed E-state index contributed by atoms with van der Waals surface area (Å²) in [6.07, 6.45) is 2.65. The van der Waals surface area contributed by atoms with E-state index in [9.17, 15) is 0 Å². The number of rotatable bonds is 4. The van der Waals surface area contributed by atoms with E-state index in [1.165, 1.54) is 5.56 Å². The third kappa shape index (κ3) is 4.35. The van der Waals surface area contributed by atoms with E-state index in [4.69, 9.17) is 9.84 Å². The van der Waals surface area contributed by atoms with Gasteiger partial charge in [-0.15, -0.1) is 0 Å². The van der Waals surface area contributed by atoms with Crippen molar-refractivity contribution in [1.29, 1.82) is 0 Å². The molecule has 1 N–H and O–H groups in total. The number of nitrogens with zero attached hydrogens (tertiary/aromatic N) is 1. The minimum Gasteiger partial charge on any atom is -0.384 e. The summed E-state index contributed by atoms with van der Waals surface area (Å²) >= 11 is 0. The van der Waals surface area contributed by atoms with Crippen LogP contribution in [0.25, 0.3) is 0 Å². The van der Waals surface area contributed by atoms with Crippen molar-refractivity contribution in [3.8, 4) is 11.8 Å². The van der Waals surface area contributed by atoms with Gasteiger partial charge in [0, 0.05) is 31.8 Å². The van der Waals surface area contributed by atoms with Gasteiger partial charge in [0.2, 0.25) is 0 Å². The summed E-state index contributed by atoms with van der Waals surface area (Å²) in [7, 11) is 0. The number of hydrogen-bond donors (Lipinski definition) is 1. The number of likely N-dealkylation sites (tertiary alicyclic amines) is 1. The van der Waals surface area contributed by atoms with Crippen LogP contribution < -0.4 is 0 Å². The van der Waals surface area contributed by atoms with Gasteiger partial charge in [-0.05, 0) is 31.4 Å². The minimum absolute atomic E-state index is 0.0892. The third-order valence-electron chi connectivity index (χ3n) is 3.65. The summed E-state index contributed by atoms with van der Waals surface area (Å²) in [6, 6.07) is 8.18. The van der Waals surface area contributed by atoms with Crippen LogP contribution in [-0.4, -0.2) is 42.4 Å². The zero-order chi connectivity index (χ0) is 14.2. The van der Waals surface area contributed by atoms with Gasteiger partial charge in [0.15, 0.2) is 0 Å². The maximum atomic E-state index is 8.82. The number of piperidine rings is 1. The first-order chi connectivity index (χ1) is 9.83. The Hall–Kier alpha value is -1.34. The zero-order valence-corrected chi connectivity index (χ0v) is 12.1. The van der Waals surface area contributed by atoms with Crippen LogP contribution in [0.1, 0.15) is 30.9 Å². The molecule has 1 aromatic rings. The molecule has 1 aliphatic heterocycles. The predicted molar refractivity (Wildman–Crippen MR) is 80.3 cm³/mol. The van der Waals surface area contributed by atoms with Crippen LogP contribution in [0.2, 0.25) is 0 Å². The maximum Gasteiger partial charge on any atom is 0.104 e. The van der Waals surface area contributed by atoms with Crippen LogP contribution in [0, 0.1) is 11.8 Å². The summed E-state index contributed by atoms with van der Waals surface area (Å²) in [4.78, 5) is 2.45. The van der Waals surface area contributed by atoms with Crippen molar-refractivity contribution in [2.75, 3.05) is 26.3 Å². The highest BCUT2D eigenvalue weighted by Gasteiger charge is 2.19. The van der Waals surface area contributed by atoms with Crippen molar-refractivity contribution in [2.24, 2.45) is 0 Å². The molecule has 0 aromatic heterocycles. The van der Waals surface area contributed by atoms with Crippen LogP contribution in [0.15, 0.2) is 24.3 Å². The summed E-state index contributed by atoms with van der Waals surface area (Å²) < 4.78 is 5.68. The molecule has 0 saturated carbocycles. The number of hydrogen-bond acceptors (Lipinski definition) is 3. The quantitative estimate of drug-likeness (QED) is 0.852. The molecule has 0 radical (unpaired) electrons. The minimum atomic E-state index is -0.0892. The van der Waals surface area contributed by atoms with E-state index in [2.05, 4.69) is 29.7 Å². The second-order valence-corrected chi connectivity index (χ2v) is 5.05. The van der Waals surface area contributed by atoms with Crippen molar-refractivity contribution in [2.45, 2.75) is 32.4 Å². The lowest BCUT2D eigenvalue weighted by Gasteiger charge is -2.31. The van der Waals surface area contributed by atoms with E-state index in [0.717, 1.165) is 44.6 Å². The van der Waals surface area contributed by atoms with E-state index in [-0.39, 0.29) is 6.61 Å². The van der Waals surface area contributed by atoms with Gasteiger partial charge in [0.25, 0.3) is 0 Å². The van der Waals surface area contributed by atoms with Gasteiger partial charge >= 0.3 is 0 Å². The molecule has 3 heteroatoms. The molecule has 108 valence electrons. The summed E-state index contributed by atoms with van der Waals surface area (Å²) in [6.45, 7) is 5.86. The van der Waals surface area contributed by atoms with E-state index in [0.29, 0.717) is 6.10 Å². The smallest absolute Gasteiger partial charge is 0.104 e. The second-order valence-electron chi connectivity index (χ2n) is 5.05. The average molecular weight is 273 g/mol. The van der Waals surface area contributed by atoms with Crippen LogP contribution in [0.3, 0.4) is 0 Å². The third-order valence-corrected chi connectivity index (χ3v) is 3.65.